The lowest BCUT2D eigenvalue weighted by molar-refractivity contribution is -0.122. The van der Waals surface area contributed by atoms with Crippen molar-refractivity contribution in [3.05, 3.63) is 36.5 Å². The van der Waals surface area contributed by atoms with E-state index in [-0.39, 0.29) is 30.1 Å². The van der Waals surface area contributed by atoms with Gasteiger partial charge in [0.2, 0.25) is 5.91 Å². The summed E-state index contributed by atoms with van der Waals surface area (Å²) < 4.78 is 0. The van der Waals surface area contributed by atoms with E-state index < -0.39 is 0 Å². The molecule has 10 nitrogen and oxygen atoms in total. The van der Waals surface area contributed by atoms with Crippen molar-refractivity contribution in [3.8, 4) is 17.5 Å². The van der Waals surface area contributed by atoms with Crippen LogP contribution in [0.25, 0.3) is 11.4 Å². The summed E-state index contributed by atoms with van der Waals surface area (Å²) in [5.74, 6) is 0.706. The van der Waals surface area contributed by atoms with Gasteiger partial charge in [0.25, 0.3) is 0 Å². The van der Waals surface area contributed by atoms with Gasteiger partial charge in [-0.05, 0) is 54.0 Å². The number of aromatic nitrogens is 4. The Morgan fingerprint density at radius 3 is 2.87 bits per heavy atom. The molecule has 1 aromatic heterocycles. The van der Waals surface area contributed by atoms with Crippen molar-refractivity contribution < 1.29 is 4.79 Å². The van der Waals surface area contributed by atoms with Crippen molar-refractivity contribution in [2.45, 2.75) is 43.4 Å². The Bertz CT molecular complexity index is 1010. The minimum atomic E-state index is -0.288. The zero-order chi connectivity index (χ0) is 21.5. The first-order chi connectivity index (χ1) is 15.1. The molecule has 3 aliphatic rings. The number of rotatable bonds is 6. The van der Waals surface area contributed by atoms with E-state index >= 15 is 0 Å². The standard InChI is InChI=1S/C21H25N9O/c1-13(29-8-2-3-16(29)10-22)18(23)12-28-11-17-9-19(28)21(31)30(17)15-6-4-14(5-7-15)20-24-26-27-25-20/h4-7,16-19H,1-3,8-9,11-12,23H2,(H,24,25,26,27)/t16?,17-,18?,19?/m0/s1. The number of likely N-dealkylation sites (tertiary alicyclic amines) is 2. The number of H-pyrrole nitrogens is 1. The summed E-state index contributed by atoms with van der Waals surface area (Å²) in [6, 6.07) is 9.58. The lowest BCUT2D eigenvalue weighted by atomic mass is 10.1. The van der Waals surface area contributed by atoms with E-state index in [0.29, 0.717) is 12.4 Å². The van der Waals surface area contributed by atoms with Gasteiger partial charge in [0.1, 0.15) is 6.04 Å². The van der Waals surface area contributed by atoms with E-state index in [2.05, 4.69) is 38.2 Å². The molecule has 1 amide bonds. The van der Waals surface area contributed by atoms with Gasteiger partial charge in [0.15, 0.2) is 5.82 Å². The number of carbonyl (C=O) groups excluding carboxylic acids is 1. The number of anilines is 1. The van der Waals surface area contributed by atoms with Crippen LogP contribution in [-0.4, -0.2) is 80.1 Å². The van der Waals surface area contributed by atoms with Crippen LogP contribution in [0.4, 0.5) is 5.69 Å². The van der Waals surface area contributed by atoms with Crippen LogP contribution in [0.2, 0.25) is 0 Å². The van der Waals surface area contributed by atoms with Gasteiger partial charge in [-0.3, -0.25) is 9.69 Å². The summed E-state index contributed by atoms with van der Waals surface area (Å²) in [7, 11) is 0. The lowest BCUT2D eigenvalue weighted by Gasteiger charge is -2.36. The van der Waals surface area contributed by atoms with Crippen molar-refractivity contribution in [2.24, 2.45) is 5.73 Å². The molecule has 0 radical (unpaired) electrons. The van der Waals surface area contributed by atoms with Crippen LogP contribution in [0.15, 0.2) is 36.5 Å². The molecule has 4 heterocycles. The van der Waals surface area contributed by atoms with Crippen molar-refractivity contribution in [2.75, 3.05) is 24.5 Å². The van der Waals surface area contributed by atoms with E-state index in [9.17, 15) is 10.1 Å². The quantitative estimate of drug-likeness (QED) is 0.691. The molecule has 31 heavy (non-hydrogen) atoms. The number of hydrogen-bond donors (Lipinski definition) is 2. The number of amides is 1. The minimum Gasteiger partial charge on any atom is -0.358 e. The van der Waals surface area contributed by atoms with Gasteiger partial charge >= 0.3 is 0 Å². The smallest absolute Gasteiger partial charge is 0.244 e. The Hall–Kier alpha value is -3.29. The third kappa shape index (κ3) is 3.36. The second kappa shape index (κ2) is 7.76. The summed E-state index contributed by atoms with van der Waals surface area (Å²) in [5.41, 5.74) is 9.00. The molecule has 2 aromatic rings. The molecule has 4 atom stereocenters. The highest BCUT2D eigenvalue weighted by molar-refractivity contribution is 6.01. The highest BCUT2D eigenvalue weighted by Gasteiger charge is 2.50. The van der Waals surface area contributed by atoms with E-state index in [1.54, 1.807) is 0 Å². The maximum absolute atomic E-state index is 13.1. The number of tetrazole rings is 1. The molecule has 5 rings (SSSR count). The maximum atomic E-state index is 13.1. The summed E-state index contributed by atoms with van der Waals surface area (Å²) >= 11 is 0. The molecular formula is C21H25N9O. The van der Waals surface area contributed by atoms with Gasteiger partial charge < -0.3 is 15.5 Å². The summed E-state index contributed by atoms with van der Waals surface area (Å²) in [4.78, 5) is 19.2. The molecule has 3 unspecified atom stereocenters. The molecule has 1 aromatic carbocycles. The van der Waals surface area contributed by atoms with Gasteiger partial charge in [-0.2, -0.15) is 5.26 Å². The van der Waals surface area contributed by atoms with Crippen LogP contribution in [0, 0.1) is 11.3 Å². The van der Waals surface area contributed by atoms with E-state index in [0.717, 1.165) is 49.3 Å². The minimum absolute atomic E-state index is 0.110. The molecule has 2 bridgehead atoms. The average molecular weight is 419 g/mol. The predicted molar refractivity (Wildman–Crippen MR) is 113 cm³/mol. The Morgan fingerprint density at radius 1 is 1.39 bits per heavy atom. The van der Waals surface area contributed by atoms with Gasteiger partial charge in [-0.15, -0.1) is 5.10 Å². The zero-order valence-electron chi connectivity index (χ0n) is 17.2. The third-order valence-electron chi connectivity index (χ3n) is 6.66. The number of piperazine rings is 1. The van der Waals surface area contributed by atoms with Gasteiger partial charge in [-0.1, -0.05) is 6.58 Å². The van der Waals surface area contributed by atoms with Crippen LogP contribution in [0.3, 0.4) is 0 Å². The first-order valence-electron chi connectivity index (χ1n) is 10.6. The molecule has 3 fully saturated rings. The monoisotopic (exact) mass is 419 g/mol. The molecule has 3 aliphatic heterocycles. The number of aromatic amines is 1. The number of nitrogens with zero attached hydrogens (tertiary/aromatic N) is 7. The maximum Gasteiger partial charge on any atom is 0.244 e. The Labute approximate surface area is 180 Å². The highest BCUT2D eigenvalue weighted by Crippen LogP contribution is 2.36. The fourth-order valence-corrected chi connectivity index (χ4v) is 5.08. The van der Waals surface area contributed by atoms with Crippen molar-refractivity contribution in [1.82, 2.24) is 30.4 Å². The summed E-state index contributed by atoms with van der Waals surface area (Å²) in [6.45, 7) is 6.34. The predicted octanol–water partition coefficient (Wildman–Crippen LogP) is 0.485. The van der Waals surface area contributed by atoms with Gasteiger partial charge in [0, 0.05) is 36.6 Å². The lowest BCUT2D eigenvalue weighted by Crippen LogP contribution is -2.54. The van der Waals surface area contributed by atoms with Crippen LogP contribution >= 0.6 is 0 Å². The van der Waals surface area contributed by atoms with Crippen molar-refractivity contribution in [1.29, 1.82) is 5.26 Å². The van der Waals surface area contributed by atoms with Gasteiger partial charge in [0.05, 0.1) is 24.2 Å². The molecule has 160 valence electrons. The number of benzene rings is 1. The number of nitrogens with two attached hydrogens (primary N) is 1. The van der Waals surface area contributed by atoms with E-state index in [1.807, 2.05) is 34.1 Å². The van der Waals surface area contributed by atoms with Gasteiger partial charge in [-0.25, -0.2) is 5.10 Å². The van der Waals surface area contributed by atoms with Crippen LogP contribution < -0.4 is 10.6 Å². The number of nitriles is 1. The fourth-order valence-electron chi connectivity index (χ4n) is 5.08. The van der Waals surface area contributed by atoms with Crippen LogP contribution in [0.1, 0.15) is 19.3 Å². The van der Waals surface area contributed by atoms with Crippen LogP contribution in [0.5, 0.6) is 0 Å². The highest BCUT2D eigenvalue weighted by atomic mass is 16.2. The van der Waals surface area contributed by atoms with E-state index in [4.69, 9.17) is 5.73 Å². The molecule has 10 heteroatoms. The first kappa shape index (κ1) is 19.7. The van der Waals surface area contributed by atoms with E-state index in [1.165, 1.54) is 0 Å². The zero-order valence-corrected chi connectivity index (χ0v) is 17.2. The third-order valence-corrected chi connectivity index (χ3v) is 6.66. The topological polar surface area (TPSA) is 131 Å². The molecule has 0 saturated carbocycles. The Morgan fingerprint density at radius 2 is 2.19 bits per heavy atom. The first-order valence-corrected chi connectivity index (χ1v) is 10.6. The Balaban J connectivity index is 1.23. The molecule has 3 N–H and O–H groups in total. The number of fused-ring (bicyclic) bond motifs is 2. The largest absolute Gasteiger partial charge is 0.358 e. The van der Waals surface area contributed by atoms with Crippen molar-refractivity contribution in [3.63, 3.8) is 0 Å². The molecular weight excluding hydrogens is 394 g/mol. The second-order valence-electron chi connectivity index (χ2n) is 8.44. The number of hydrogen-bond acceptors (Lipinski definition) is 8. The van der Waals surface area contributed by atoms with Crippen molar-refractivity contribution >= 4 is 11.6 Å². The van der Waals surface area contributed by atoms with Crippen LogP contribution in [-0.2, 0) is 4.79 Å². The summed E-state index contributed by atoms with van der Waals surface area (Å²) in [6.07, 6.45) is 2.64. The summed E-state index contributed by atoms with van der Waals surface area (Å²) in [5, 5.41) is 23.2. The SMILES string of the molecule is C=C(C(N)CN1C[C@@H]2CC1C(=O)N2c1ccc(-c2nnn[nH]2)cc1)N1CCCC1C#N. The molecule has 0 spiro atoms. The normalized spacial score (nSPS) is 26.5. The number of nitrogens with one attached hydrogen (secondary N) is 1. The second-order valence-corrected chi connectivity index (χ2v) is 8.44. The molecule has 3 saturated heterocycles. The average Bonchev–Trinajstić information content (AvgIpc) is 3.57. The number of carbonyl (C=O) groups is 1. The Kier molecular flexibility index (Phi) is 4.92. The molecule has 0 aliphatic carbocycles. The fraction of sp³-hybridized carbons (Fsp3) is 0.476.